The van der Waals surface area contributed by atoms with Crippen molar-refractivity contribution in [2.45, 2.75) is 40.2 Å². The van der Waals surface area contributed by atoms with Crippen LogP contribution in [0.25, 0.3) is 0 Å². The Hall–Kier alpha value is -2.17. The Balaban J connectivity index is 1.97. The zero-order valence-electron chi connectivity index (χ0n) is 12.9. The van der Waals surface area contributed by atoms with Gasteiger partial charge in [0.15, 0.2) is 0 Å². The van der Waals surface area contributed by atoms with Crippen LogP contribution in [-0.4, -0.2) is 27.2 Å². The molecule has 0 saturated heterocycles. The summed E-state index contributed by atoms with van der Waals surface area (Å²) in [7, 11) is 0. The average molecular weight is 284 g/mol. The number of fused-ring (bicyclic) bond motifs is 1. The zero-order valence-corrected chi connectivity index (χ0v) is 12.9. The summed E-state index contributed by atoms with van der Waals surface area (Å²) in [6.45, 7) is 8.76. The molecule has 3 rings (SSSR count). The fraction of sp³-hybridized carbons (Fsp3) is 0.438. The van der Waals surface area contributed by atoms with Gasteiger partial charge in [-0.25, -0.2) is 0 Å². The van der Waals surface area contributed by atoms with E-state index in [1.807, 2.05) is 35.7 Å². The number of aromatic nitrogens is 3. The standard InChI is InChI=1S/C16H20N4O/c1-10(2)20-12(4)13(9-18-20)16(21)19-6-5-14-15(19)7-11(3)8-17-14/h7-10H,5-6H2,1-4H3. The van der Waals surface area contributed by atoms with E-state index in [0.29, 0.717) is 12.1 Å². The molecule has 0 bridgehead atoms. The molecule has 1 amide bonds. The van der Waals surface area contributed by atoms with Gasteiger partial charge < -0.3 is 4.90 Å². The molecule has 0 saturated carbocycles. The van der Waals surface area contributed by atoms with Crippen LogP contribution in [0.3, 0.4) is 0 Å². The third-order valence-corrected chi connectivity index (χ3v) is 3.96. The molecule has 1 aliphatic heterocycles. The second-order valence-electron chi connectivity index (χ2n) is 5.87. The summed E-state index contributed by atoms with van der Waals surface area (Å²) in [6, 6.07) is 2.29. The van der Waals surface area contributed by atoms with Crippen molar-refractivity contribution in [1.82, 2.24) is 14.8 Å². The SMILES string of the molecule is Cc1cnc2c(c1)N(C(=O)c1cnn(C(C)C)c1C)CC2. The van der Waals surface area contributed by atoms with E-state index in [-0.39, 0.29) is 11.9 Å². The van der Waals surface area contributed by atoms with Crippen LogP contribution in [0.5, 0.6) is 0 Å². The predicted octanol–water partition coefficient (Wildman–Crippen LogP) is 2.68. The minimum atomic E-state index is 0.0190. The van der Waals surface area contributed by atoms with Crippen LogP contribution in [0.4, 0.5) is 5.69 Å². The average Bonchev–Trinajstić information content (AvgIpc) is 3.01. The molecule has 0 spiro atoms. The smallest absolute Gasteiger partial charge is 0.261 e. The monoisotopic (exact) mass is 284 g/mol. The molecule has 0 N–H and O–H groups in total. The van der Waals surface area contributed by atoms with Crippen molar-refractivity contribution in [3.05, 3.63) is 41.0 Å². The van der Waals surface area contributed by atoms with Crippen molar-refractivity contribution in [3.63, 3.8) is 0 Å². The summed E-state index contributed by atoms with van der Waals surface area (Å²) in [4.78, 5) is 19.1. The highest BCUT2D eigenvalue weighted by Crippen LogP contribution is 2.29. The fourth-order valence-electron chi connectivity index (χ4n) is 2.86. The lowest BCUT2D eigenvalue weighted by atomic mass is 10.2. The summed E-state index contributed by atoms with van der Waals surface area (Å²) in [5, 5.41) is 4.33. The normalized spacial score (nSPS) is 13.9. The maximum atomic E-state index is 12.8. The molecule has 5 nitrogen and oxygen atoms in total. The van der Waals surface area contributed by atoms with Gasteiger partial charge in [0.25, 0.3) is 5.91 Å². The van der Waals surface area contributed by atoms with Gasteiger partial charge in [-0.2, -0.15) is 5.10 Å². The van der Waals surface area contributed by atoms with Gasteiger partial charge in [-0.05, 0) is 39.3 Å². The second-order valence-corrected chi connectivity index (χ2v) is 5.87. The van der Waals surface area contributed by atoms with E-state index >= 15 is 0 Å². The number of nitrogens with zero attached hydrogens (tertiary/aromatic N) is 4. The molecule has 3 heterocycles. The van der Waals surface area contributed by atoms with E-state index in [0.717, 1.165) is 29.1 Å². The Kier molecular flexibility index (Phi) is 3.27. The minimum Gasteiger partial charge on any atom is -0.306 e. The Morgan fingerprint density at radius 2 is 2.05 bits per heavy atom. The van der Waals surface area contributed by atoms with Gasteiger partial charge in [0.05, 0.1) is 23.1 Å². The molecular formula is C16H20N4O. The van der Waals surface area contributed by atoms with Crippen LogP contribution >= 0.6 is 0 Å². The predicted molar refractivity (Wildman–Crippen MR) is 81.7 cm³/mol. The van der Waals surface area contributed by atoms with Crippen molar-refractivity contribution >= 4 is 11.6 Å². The van der Waals surface area contributed by atoms with Crippen LogP contribution < -0.4 is 4.90 Å². The molecule has 21 heavy (non-hydrogen) atoms. The molecule has 2 aromatic heterocycles. The lowest BCUT2D eigenvalue weighted by molar-refractivity contribution is 0.0988. The molecule has 0 atom stereocenters. The number of anilines is 1. The summed E-state index contributed by atoms with van der Waals surface area (Å²) < 4.78 is 1.89. The fourth-order valence-corrected chi connectivity index (χ4v) is 2.86. The number of aryl methyl sites for hydroxylation is 1. The maximum absolute atomic E-state index is 12.8. The summed E-state index contributed by atoms with van der Waals surface area (Å²) in [5.74, 6) is 0.0190. The van der Waals surface area contributed by atoms with Gasteiger partial charge >= 0.3 is 0 Å². The van der Waals surface area contributed by atoms with E-state index in [1.54, 1.807) is 6.20 Å². The van der Waals surface area contributed by atoms with Crippen LogP contribution in [-0.2, 0) is 6.42 Å². The zero-order chi connectivity index (χ0) is 15.1. The highest BCUT2D eigenvalue weighted by molar-refractivity contribution is 6.07. The molecule has 2 aromatic rings. The number of pyridine rings is 1. The molecule has 1 aliphatic rings. The molecule has 0 aliphatic carbocycles. The quantitative estimate of drug-likeness (QED) is 0.852. The number of hydrogen-bond donors (Lipinski definition) is 0. The van der Waals surface area contributed by atoms with E-state index in [4.69, 9.17) is 0 Å². The highest BCUT2D eigenvalue weighted by atomic mass is 16.2. The molecule has 0 radical (unpaired) electrons. The Morgan fingerprint density at radius 3 is 2.71 bits per heavy atom. The lowest BCUT2D eigenvalue weighted by Gasteiger charge is -2.17. The first kappa shape index (κ1) is 13.8. The van der Waals surface area contributed by atoms with Gasteiger partial charge in [-0.15, -0.1) is 0 Å². The lowest BCUT2D eigenvalue weighted by Crippen LogP contribution is -2.29. The minimum absolute atomic E-state index is 0.0190. The van der Waals surface area contributed by atoms with Crippen molar-refractivity contribution in [2.75, 3.05) is 11.4 Å². The Morgan fingerprint density at radius 1 is 1.29 bits per heavy atom. The van der Waals surface area contributed by atoms with Crippen LogP contribution in [0.15, 0.2) is 18.5 Å². The van der Waals surface area contributed by atoms with Crippen LogP contribution in [0.2, 0.25) is 0 Å². The van der Waals surface area contributed by atoms with Gasteiger partial charge in [-0.3, -0.25) is 14.5 Å². The molecule has 0 fully saturated rings. The molecule has 110 valence electrons. The topological polar surface area (TPSA) is 51.0 Å². The van der Waals surface area contributed by atoms with Crippen molar-refractivity contribution in [3.8, 4) is 0 Å². The summed E-state index contributed by atoms with van der Waals surface area (Å²) in [6.07, 6.45) is 4.35. The third-order valence-electron chi connectivity index (χ3n) is 3.96. The number of carbonyl (C=O) groups excluding carboxylic acids is 1. The second kappa shape index (κ2) is 4.98. The first-order valence-electron chi connectivity index (χ1n) is 7.30. The molecule has 0 aromatic carbocycles. The van der Waals surface area contributed by atoms with E-state index in [9.17, 15) is 4.79 Å². The van der Waals surface area contributed by atoms with Gasteiger partial charge in [0.1, 0.15) is 0 Å². The first-order chi connectivity index (χ1) is 9.99. The van der Waals surface area contributed by atoms with E-state index < -0.39 is 0 Å². The molecule has 5 heteroatoms. The van der Waals surface area contributed by atoms with Crippen LogP contribution in [0, 0.1) is 13.8 Å². The van der Waals surface area contributed by atoms with Crippen molar-refractivity contribution < 1.29 is 4.79 Å². The van der Waals surface area contributed by atoms with E-state index in [2.05, 4.69) is 23.9 Å². The molecule has 0 unspecified atom stereocenters. The van der Waals surface area contributed by atoms with Gasteiger partial charge in [-0.1, -0.05) is 0 Å². The summed E-state index contributed by atoms with van der Waals surface area (Å²) in [5.41, 5.74) is 4.62. The highest BCUT2D eigenvalue weighted by Gasteiger charge is 2.28. The first-order valence-corrected chi connectivity index (χ1v) is 7.30. The van der Waals surface area contributed by atoms with Gasteiger partial charge in [0.2, 0.25) is 0 Å². The van der Waals surface area contributed by atoms with Crippen molar-refractivity contribution in [1.29, 1.82) is 0 Å². The third kappa shape index (κ3) is 2.22. The van der Waals surface area contributed by atoms with E-state index in [1.165, 1.54) is 0 Å². The van der Waals surface area contributed by atoms with Crippen LogP contribution in [0.1, 0.15) is 47.2 Å². The largest absolute Gasteiger partial charge is 0.306 e. The number of rotatable bonds is 2. The maximum Gasteiger partial charge on any atom is 0.261 e. The summed E-state index contributed by atoms with van der Waals surface area (Å²) >= 11 is 0. The number of carbonyl (C=O) groups is 1. The number of amides is 1. The molecular weight excluding hydrogens is 264 g/mol. The Bertz CT molecular complexity index is 702. The van der Waals surface area contributed by atoms with Crippen molar-refractivity contribution in [2.24, 2.45) is 0 Å². The Labute approximate surface area is 124 Å². The number of hydrogen-bond acceptors (Lipinski definition) is 3. The van der Waals surface area contributed by atoms with Gasteiger partial charge in [0, 0.05) is 30.9 Å².